The Morgan fingerprint density at radius 2 is 2.56 bits per heavy atom. The first-order valence-electron chi connectivity index (χ1n) is 6.31. The Labute approximate surface area is 106 Å². The van der Waals surface area contributed by atoms with Crippen LogP contribution in [0.1, 0.15) is 48.6 Å². The van der Waals surface area contributed by atoms with Crippen LogP contribution in [0.4, 0.5) is 0 Å². The molecular weight excluding hydrogens is 234 g/mol. The zero-order valence-electron chi connectivity index (χ0n) is 10.5. The van der Waals surface area contributed by atoms with E-state index in [4.69, 9.17) is 14.9 Å². The summed E-state index contributed by atoms with van der Waals surface area (Å²) < 4.78 is 10.6. The van der Waals surface area contributed by atoms with Crippen LogP contribution >= 0.6 is 0 Å². The summed E-state index contributed by atoms with van der Waals surface area (Å²) in [7, 11) is 0. The van der Waals surface area contributed by atoms with Gasteiger partial charge in [-0.1, -0.05) is 6.92 Å². The van der Waals surface area contributed by atoms with E-state index >= 15 is 0 Å². The second kappa shape index (κ2) is 5.97. The highest BCUT2D eigenvalue weighted by atomic mass is 16.5. The first kappa shape index (κ1) is 13.0. The third-order valence-corrected chi connectivity index (χ3v) is 3.03. The maximum absolute atomic E-state index is 11.8. The van der Waals surface area contributed by atoms with Gasteiger partial charge in [0.05, 0.1) is 12.1 Å². The van der Waals surface area contributed by atoms with E-state index in [1.165, 1.54) is 6.26 Å². The molecule has 2 atom stereocenters. The summed E-state index contributed by atoms with van der Waals surface area (Å²) in [6.45, 7) is 3.23. The molecule has 6 heteroatoms. The summed E-state index contributed by atoms with van der Waals surface area (Å²) in [5.74, 6) is 0.156. The molecule has 1 aromatic rings. The SMILES string of the molecule is CCC(N)c1nc(C(=O)NCC2CCCO2)co1. The van der Waals surface area contributed by atoms with Gasteiger partial charge in [-0.25, -0.2) is 4.98 Å². The molecule has 2 heterocycles. The minimum absolute atomic E-state index is 0.123. The molecule has 18 heavy (non-hydrogen) atoms. The van der Waals surface area contributed by atoms with E-state index in [1.54, 1.807) is 0 Å². The van der Waals surface area contributed by atoms with E-state index in [0.717, 1.165) is 25.9 Å². The van der Waals surface area contributed by atoms with Gasteiger partial charge >= 0.3 is 0 Å². The molecule has 1 amide bonds. The molecule has 0 aliphatic carbocycles. The zero-order chi connectivity index (χ0) is 13.0. The number of amides is 1. The summed E-state index contributed by atoms with van der Waals surface area (Å²) >= 11 is 0. The van der Waals surface area contributed by atoms with Crippen molar-refractivity contribution in [1.82, 2.24) is 10.3 Å². The summed E-state index contributed by atoms with van der Waals surface area (Å²) in [6, 6.07) is -0.260. The van der Waals surface area contributed by atoms with Crippen LogP contribution in [0.5, 0.6) is 0 Å². The highest BCUT2D eigenvalue weighted by Gasteiger charge is 2.19. The highest BCUT2D eigenvalue weighted by molar-refractivity contribution is 5.91. The Morgan fingerprint density at radius 3 is 3.22 bits per heavy atom. The quantitative estimate of drug-likeness (QED) is 0.816. The fourth-order valence-electron chi connectivity index (χ4n) is 1.84. The lowest BCUT2D eigenvalue weighted by atomic mass is 10.2. The van der Waals surface area contributed by atoms with Crippen LogP contribution in [0, 0.1) is 0 Å². The number of aromatic nitrogens is 1. The van der Waals surface area contributed by atoms with Crippen LogP contribution in [0.15, 0.2) is 10.7 Å². The van der Waals surface area contributed by atoms with Crippen molar-refractivity contribution in [3.8, 4) is 0 Å². The molecule has 0 bridgehead atoms. The largest absolute Gasteiger partial charge is 0.446 e. The maximum atomic E-state index is 11.8. The molecule has 0 radical (unpaired) electrons. The van der Waals surface area contributed by atoms with Gasteiger partial charge in [-0.15, -0.1) is 0 Å². The van der Waals surface area contributed by atoms with E-state index in [1.807, 2.05) is 6.92 Å². The first-order valence-corrected chi connectivity index (χ1v) is 6.31. The van der Waals surface area contributed by atoms with Crippen molar-refractivity contribution in [2.24, 2.45) is 5.73 Å². The number of oxazole rings is 1. The molecule has 0 saturated carbocycles. The molecule has 0 aromatic carbocycles. The van der Waals surface area contributed by atoms with E-state index < -0.39 is 0 Å². The number of carbonyl (C=O) groups is 1. The third-order valence-electron chi connectivity index (χ3n) is 3.03. The number of hydrogen-bond acceptors (Lipinski definition) is 5. The minimum Gasteiger partial charge on any atom is -0.446 e. The average molecular weight is 253 g/mol. The van der Waals surface area contributed by atoms with Gasteiger partial charge in [-0.2, -0.15) is 0 Å². The molecule has 1 saturated heterocycles. The van der Waals surface area contributed by atoms with Gasteiger partial charge in [0.25, 0.3) is 5.91 Å². The molecule has 1 aliphatic heterocycles. The Hall–Kier alpha value is -1.40. The lowest BCUT2D eigenvalue weighted by molar-refractivity contribution is 0.0853. The van der Waals surface area contributed by atoms with Gasteiger partial charge in [0.15, 0.2) is 5.69 Å². The van der Waals surface area contributed by atoms with Crippen LogP contribution in [0.3, 0.4) is 0 Å². The third kappa shape index (κ3) is 3.08. The Balaban J connectivity index is 1.86. The van der Waals surface area contributed by atoms with Crippen LogP contribution in [0.25, 0.3) is 0 Å². The topological polar surface area (TPSA) is 90.4 Å². The van der Waals surface area contributed by atoms with E-state index in [0.29, 0.717) is 12.4 Å². The lowest BCUT2D eigenvalue weighted by Crippen LogP contribution is -2.32. The van der Waals surface area contributed by atoms with Crippen LogP contribution < -0.4 is 11.1 Å². The molecular formula is C12H19N3O3. The predicted molar refractivity (Wildman–Crippen MR) is 65.0 cm³/mol. The number of nitrogens with one attached hydrogen (secondary N) is 1. The number of hydrogen-bond donors (Lipinski definition) is 2. The van der Waals surface area contributed by atoms with Crippen molar-refractivity contribution >= 4 is 5.91 Å². The zero-order valence-corrected chi connectivity index (χ0v) is 10.5. The summed E-state index contributed by atoms with van der Waals surface area (Å²) in [5.41, 5.74) is 6.04. The van der Waals surface area contributed by atoms with E-state index in [-0.39, 0.29) is 23.7 Å². The molecule has 2 unspecified atom stereocenters. The second-order valence-electron chi connectivity index (χ2n) is 4.43. The van der Waals surface area contributed by atoms with Gasteiger partial charge in [0.2, 0.25) is 5.89 Å². The lowest BCUT2D eigenvalue weighted by Gasteiger charge is -2.09. The van der Waals surface area contributed by atoms with Crippen molar-refractivity contribution in [3.05, 3.63) is 17.8 Å². The van der Waals surface area contributed by atoms with Crippen molar-refractivity contribution in [1.29, 1.82) is 0 Å². The second-order valence-corrected chi connectivity index (χ2v) is 4.43. The summed E-state index contributed by atoms with van der Waals surface area (Å²) in [6.07, 6.45) is 4.23. The maximum Gasteiger partial charge on any atom is 0.273 e. The number of rotatable bonds is 5. The predicted octanol–water partition coefficient (Wildman–Crippen LogP) is 0.993. The molecule has 0 spiro atoms. The summed E-state index contributed by atoms with van der Waals surface area (Å²) in [4.78, 5) is 15.9. The van der Waals surface area contributed by atoms with Crippen LogP contribution in [-0.4, -0.2) is 30.1 Å². The molecule has 6 nitrogen and oxygen atoms in total. The van der Waals surface area contributed by atoms with Crippen LogP contribution in [0.2, 0.25) is 0 Å². The van der Waals surface area contributed by atoms with Gasteiger partial charge in [0.1, 0.15) is 6.26 Å². The van der Waals surface area contributed by atoms with Crippen LogP contribution in [-0.2, 0) is 4.74 Å². The Kier molecular flexibility index (Phi) is 4.33. The van der Waals surface area contributed by atoms with Gasteiger partial charge in [0, 0.05) is 13.2 Å². The normalized spacial score (nSPS) is 20.9. The van der Waals surface area contributed by atoms with Crippen molar-refractivity contribution < 1.29 is 13.9 Å². The molecule has 1 aromatic heterocycles. The van der Waals surface area contributed by atoms with Crippen molar-refractivity contribution in [2.45, 2.75) is 38.3 Å². The average Bonchev–Trinajstić information content (AvgIpc) is 3.05. The molecule has 3 N–H and O–H groups in total. The fraction of sp³-hybridized carbons (Fsp3) is 0.667. The number of carbonyl (C=O) groups excluding carboxylic acids is 1. The number of ether oxygens (including phenoxy) is 1. The number of nitrogens with two attached hydrogens (primary N) is 1. The molecule has 1 aliphatic rings. The first-order chi connectivity index (χ1) is 8.70. The highest BCUT2D eigenvalue weighted by Crippen LogP contribution is 2.13. The van der Waals surface area contributed by atoms with Gasteiger partial charge < -0.3 is 20.2 Å². The minimum atomic E-state index is -0.260. The molecule has 100 valence electrons. The van der Waals surface area contributed by atoms with Gasteiger partial charge in [-0.3, -0.25) is 4.79 Å². The Morgan fingerprint density at radius 1 is 1.72 bits per heavy atom. The summed E-state index contributed by atoms with van der Waals surface area (Å²) in [5, 5.41) is 2.78. The molecule has 2 rings (SSSR count). The smallest absolute Gasteiger partial charge is 0.273 e. The van der Waals surface area contributed by atoms with Crippen molar-refractivity contribution in [3.63, 3.8) is 0 Å². The fourth-order valence-corrected chi connectivity index (χ4v) is 1.84. The Bertz CT molecular complexity index is 399. The van der Waals surface area contributed by atoms with Crippen molar-refractivity contribution in [2.75, 3.05) is 13.2 Å². The monoisotopic (exact) mass is 253 g/mol. The number of nitrogens with zero attached hydrogens (tertiary/aromatic N) is 1. The standard InChI is InChI=1S/C12H19N3O3/c1-2-9(13)12-15-10(7-18-12)11(16)14-6-8-4-3-5-17-8/h7-9H,2-6,13H2,1H3,(H,14,16). The van der Waals surface area contributed by atoms with Gasteiger partial charge in [-0.05, 0) is 19.3 Å². The van der Waals surface area contributed by atoms with E-state index in [9.17, 15) is 4.79 Å². The van der Waals surface area contributed by atoms with E-state index in [2.05, 4.69) is 10.3 Å². The molecule has 1 fully saturated rings.